The fourth-order valence-electron chi connectivity index (χ4n) is 6.20. The maximum atomic E-state index is 3.99. The topological polar surface area (TPSA) is 20.2 Å². The molecule has 3 heterocycles. The molecule has 0 amide bonds. The van der Waals surface area contributed by atoms with E-state index in [9.17, 15) is 0 Å². The van der Waals surface area contributed by atoms with E-state index in [1.807, 2.05) is 0 Å². The van der Waals surface area contributed by atoms with Gasteiger partial charge in [-0.2, -0.15) is 0 Å². The van der Waals surface area contributed by atoms with Crippen LogP contribution in [0.3, 0.4) is 0 Å². The second kappa shape index (κ2) is 7.01. The van der Waals surface area contributed by atoms with Crippen molar-refractivity contribution in [3.05, 3.63) is 36.5 Å². The second-order valence-corrected chi connectivity index (χ2v) is 9.03. The van der Waals surface area contributed by atoms with Crippen LogP contribution in [0.2, 0.25) is 0 Å². The first-order valence-corrected chi connectivity index (χ1v) is 10.9. The lowest BCUT2D eigenvalue weighted by Gasteiger charge is -2.43. The van der Waals surface area contributed by atoms with Crippen LogP contribution in [0.4, 0.5) is 0 Å². The maximum Gasteiger partial charge on any atom is 0.0480 e. The van der Waals surface area contributed by atoms with Crippen LogP contribution >= 0.6 is 0 Å². The van der Waals surface area contributed by atoms with Gasteiger partial charge in [0.25, 0.3) is 0 Å². The van der Waals surface area contributed by atoms with E-state index in [-0.39, 0.29) is 0 Å². The predicted octanol–water partition coefficient (Wildman–Crippen LogP) is 4.56. The zero-order valence-electron chi connectivity index (χ0n) is 16.1. The van der Waals surface area contributed by atoms with Gasteiger partial charge in [0.05, 0.1) is 0 Å². The van der Waals surface area contributed by atoms with Crippen LogP contribution in [0.5, 0.6) is 0 Å². The molecule has 2 aromatic rings. The number of para-hydroxylation sites is 1. The largest absolute Gasteiger partial charge is 0.346 e. The highest BCUT2D eigenvalue weighted by molar-refractivity contribution is 5.79. The number of fused-ring (bicyclic) bond motifs is 3. The third-order valence-corrected chi connectivity index (χ3v) is 7.21. The first kappa shape index (κ1) is 16.8. The van der Waals surface area contributed by atoms with Crippen LogP contribution in [0.25, 0.3) is 10.9 Å². The van der Waals surface area contributed by atoms with Crippen LogP contribution in [0, 0.1) is 0 Å². The summed E-state index contributed by atoms with van der Waals surface area (Å²) in [5.74, 6) is 0. The Labute approximate surface area is 157 Å². The van der Waals surface area contributed by atoms with Crippen molar-refractivity contribution in [1.82, 2.24) is 14.8 Å². The third kappa shape index (κ3) is 3.10. The van der Waals surface area contributed by atoms with Gasteiger partial charge in [-0.1, -0.05) is 31.0 Å². The molecule has 5 rings (SSSR count). The lowest BCUT2D eigenvalue weighted by Crippen LogP contribution is -2.54. The smallest absolute Gasteiger partial charge is 0.0480 e. The zero-order valence-corrected chi connectivity index (χ0v) is 16.1. The number of rotatable bonds is 5. The molecule has 1 aromatic carbocycles. The molecule has 0 spiro atoms. The van der Waals surface area contributed by atoms with Crippen molar-refractivity contribution < 1.29 is 0 Å². The minimum Gasteiger partial charge on any atom is -0.346 e. The molecule has 140 valence electrons. The van der Waals surface area contributed by atoms with Crippen molar-refractivity contribution >= 4 is 10.9 Å². The van der Waals surface area contributed by atoms with E-state index in [2.05, 4.69) is 58.2 Å². The van der Waals surface area contributed by atoms with Gasteiger partial charge in [0.15, 0.2) is 0 Å². The molecule has 0 radical (unpaired) electrons. The van der Waals surface area contributed by atoms with E-state index in [1.165, 1.54) is 62.3 Å². The van der Waals surface area contributed by atoms with Crippen LogP contribution in [-0.2, 0) is 6.54 Å². The summed E-state index contributed by atoms with van der Waals surface area (Å²) in [6, 6.07) is 14.8. The molecule has 26 heavy (non-hydrogen) atoms. The van der Waals surface area contributed by atoms with Crippen LogP contribution in [-0.4, -0.2) is 39.7 Å². The summed E-state index contributed by atoms with van der Waals surface area (Å²) in [5.41, 5.74) is 1.36. The number of hydrogen-bond donors (Lipinski definition) is 1. The van der Waals surface area contributed by atoms with Gasteiger partial charge in [-0.25, -0.2) is 0 Å². The summed E-state index contributed by atoms with van der Waals surface area (Å²) in [5, 5.41) is 5.34. The molecule has 1 N–H and O–H groups in total. The van der Waals surface area contributed by atoms with E-state index >= 15 is 0 Å². The highest BCUT2D eigenvalue weighted by Crippen LogP contribution is 2.41. The number of piperidine rings is 1. The van der Waals surface area contributed by atoms with Crippen molar-refractivity contribution in [2.24, 2.45) is 0 Å². The maximum absolute atomic E-state index is 3.99. The predicted molar refractivity (Wildman–Crippen MR) is 108 cm³/mol. The molecule has 3 nitrogen and oxygen atoms in total. The normalized spacial score (nSPS) is 31.0. The number of nitrogens with one attached hydrogen (secondary N) is 1. The molecule has 2 saturated heterocycles. The average Bonchev–Trinajstić information content (AvgIpc) is 3.34. The van der Waals surface area contributed by atoms with Gasteiger partial charge in [0, 0.05) is 48.5 Å². The van der Waals surface area contributed by atoms with Crippen molar-refractivity contribution in [3.8, 4) is 0 Å². The van der Waals surface area contributed by atoms with Crippen LogP contribution in [0.15, 0.2) is 36.5 Å². The Balaban J connectivity index is 1.21. The molecule has 3 heteroatoms. The average molecular weight is 352 g/mol. The van der Waals surface area contributed by atoms with E-state index < -0.39 is 0 Å². The minimum atomic E-state index is 0.522. The Bertz CT molecular complexity index is 731. The Hall–Kier alpha value is -1.32. The number of aromatic nitrogens is 1. The standard InChI is InChI=1S/C23H33N3/c1-17(16-25-13-12-18-6-2-5-9-23(18)25)24-19-14-21-10-11-22(15-19)26(21)20-7-3-4-8-20/h2,5-6,9,12-13,17,19-22,24H,3-4,7-8,10-11,14-16H2,1H3. The SMILES string of the molecule is CC(Cn1ccc2ccccc21)NC1CC2CCC(C1)N2C1CCCC1. The van der Waals surface area contributed by atoms with Gasteiger partial charge in [-0.15, -0.1) is 0 Å². The van der Waals surface area contributed by atoms with E-state index in [0.29, 0.717) is 12.1 Å². The Morgan fingerprint density at radius 3 is 2.46 bits per heavy atom. The third-order valence-electron chi connectivity index (χ3n) is 7.21. The van der Waals surface area contributed by atoms with E-state index in [0.717, 1.165) is 24.7 Å². The summed E-state index contributed by atoms with van der Waals surface area (Å²) in [6.07, 6.45) is 13.7. The fourth-order valence-corrected chi connectivity index (χ4v) is 6.20. The highest BCUT2D eigenvalue weighted by Gasteiger charge is 2.44. The van der Waals surface area contributed by atoms with Crippen molar-refractivity contribution in [2.45, 2.75) is 95.0 Å². The molecular formula is C23H33N3. The van der Waals surface area contributed by atoms with Crippen molar-refractivity contribution in [3.63, 3.8) is 0 Å². The lowest BCUT2D eigenvalue weighted by molar-refractivity contribution is 0.0694. The molecule has 3 fully saturated rings. The monoisotopic (exact) mass is 351 g/mol. The van der Waals surface area contributed by atoms with Gasteiger partial charge in [-0.05, 0) is 63.0 Å². The Morgan fingerprint density at radius 1 is 0.962 bits per heavy atom. The molecule has 3 aliphatic rings. The Morgan fingerprint density at radius 2 is 1.69 bits per heavy atom. The second-order valence-electron chi connectivity index (χ2n) is 9.03. The first-order chi connectivity index (χ1) is 12.8. The number of nitrogens with zero attached hydrogens (tertiary/aromatic N) is 2. The summed E-state index contributed by atoms with van der Waals surface area (Å²) in [7, 11) is 0. The highest BCUT2D eigenvalue weighted by atomic mass is 15.3. The summed E-state index contributed by atoms with van der Waals surface area (Å²) >= 11 is 0. The lowest BCUT2D eigenvalue weighted by atomic mass is 9.94. The number of benzene rings is 1. The van der Waals surface area contributed by atoms with Gasteiger partial charge < -0.3 is 9.88 Å². The summed E-state index contributed by atoms with van der Waals surface area (Å²) in [4.78, 5) is 2.95. The van der Waals surface area contributed by atoms with E-state index in [1.54, 1.807) is 0 Å². The summed E-state index contributed by atoms with van der Waals surface area (Å²) < 4.78 is 2.41. The molecule has 3 atom stereocenters. The van der Waals surface area contributed by atoms with Gasteiger partial charge >= 0.3 is 0 Å². The molecule has 2 aliphatic heterocycles. The molecule has 1 aliphatic carbocycles. The molecule has 1 saturated carbocycles. The van der Waals surface area contributed by atoms with Crippen molar-refractivity contribution in [1.29, 1.82) is 0 Å². The van der Waals surface area contributed by atoms with Gasteiger partial charge in [-0.3, -0.25) is 4.90 Å². The van der Waals surface area contributed by atoms with Gasteiger partial charge in [0.1, 0.15) is 0 Å². The fraction of sp³-hybridized carbons (Fsp3) is 0.652. The molecule has 1 aromatic heterocycles. The molecule has 2 bridgehead atoms. The van der Waals surface area contributed by atoms with Crippen LogP contribution in [0.1, 0.15) is 58.3 Å². The summed E-state index contributed by atoms with van der Waals surface area (Å²) in [6.45, 7) is 3.42. The first-order valence-electron chi connectivity index (χ1n) is 10.9. The number of hydrogen-bond acceptors (Lipinski definition) is 2. The van der Waals surface area contributed by atoms with Crippen molar-refractivity contribution in [2.75, 3.05) is 0 Å². The quantitative estimate of drug-likeness (QED) is 0.852. The van der Waals surface area contributed by atoms with Gasteiger partial charge in [0.2, 0.25) is 0 Å². The molecule has 3 unspecified atom stereocenters. The molecular weight excluding hydrogens is 318 g/mol. The van der Waals surface area contributed by atoms with Crippen LogP contribution < -0.4 is 5.32 Å². The minimum absolute atomic E-state index is 0.522. The Kier molecular flexibility index (Phi) is 4.54. The van der Waals surface area contributed by atoms with E-state index in [4.69, 9.17) is 0 Å². The zero-order chi connectivity index (χ0) is 17.5.